The minimum absolute atomic E-state index is 0.701. The molecule has 0 saturated carbocycles. The number of benzene rings is 9. The molecule has 0 aliphatic carbocycles. The first-order chi connectivity index (χ1) is 31.7. The Morgan fingerprint density at radius 1 is 0.281 bits per heavy atom. The molecule has 0 amide bonds. The highest BCUT2D eigenvalue weighted by Crippen LogP contribution is 2.47. The lowest BCUT2D eigenvalue weighted by Gasteiger charge is -2.22. The van der Waals surface area contributed by atoms with Gasteiger partial charge in [-0.3, -0.25) is 4.57 Å². The molecule has 0 spiro atoms. The van der Waals surface area contributed by atoms with Crippen molar-refractivity contribution in [3.05, 3.63) is 224 Å². The van der Waals surface area contributed by atoms with Crippen molar-refractivity contribution < 1.29 is 0 Å². The molecule has 0 radical (unpaired) electrons. The van der Waals surface area contributed by atoms with Gasteiger partial charge in [0.1, 0.15) is 5.82 Å². The van der Waals surface area contributed by atoms with Crippen LogP contribution in [0.15, 0.2) is 224 Å². The van der Waals surface area contributed by atoms with Gasteiger partial charge in [0.15, 0.2) is 5.82 Å². The summed E-state index contributed by atoms with van der Waals surface area (Å²) in [6, 6.07) is 79.8. The van der Waals surface area contributed by atoms with Gasteiger partial charge < -0.3 is 4.57 Å². The van der Waals surface area contributed by atoms with Crippen molar-refractivity contribution in [1.29, 1.82) is 0 Å². The summed E-state index contributed by atoms with van der Waals surface area (Å²) in [5.41, 5.74) is 16.0. The summed E-state index contributed by atoms with van der Waals surface area (Å²) in [4.78, 5) is 15.8. The second-order valence-corrected chi connectivity index (χ2v) is 16.4. The molecular weight excluding hydrogens is 779 g/mol. The number of pyridine rings is 1. The third-order valence-electron chi connectivity index (χ3n) is 12.7. The Morgan fingerprint density at radius 2 is 0.844 bits per heavy atom. The zero-order chi connectivity index (χ0) is 42.1. The van der Waals surface area contributed by atoms with Crippen molar-refractivity contribution in [2.45, 2.75) is 0 Å². The molecule has 64 heavy (non-hydrogen) atoms. The number of nitrogens with zero attached hydrogens (tertiary/aromatic N) is 5. The standard InChI is InChI=1S/C59H37N5/c1-5-17-38(18-6-1)55-49-36-42(41-29-33-53-47(35-41)45-25-14-16-28-52(45)63(53)43-23-11-4-12-24-43)30-34-54(49)64(59-56(55)46-26-13-15-27-50(46)61-59)44-31-32-51-48(37-44)57(39-19-7-2-8-20-39)62-58(60-51)40-21-9-3-10-22-40/h1-37H. The lowest BCUT2D eigenvalue weighted by molar-refractivity contribution is 1.08. The number of fused-ring (bicyclic) bond motifs is 8. The number of aromatic nitrogens is 5. The molecule has 13 rings (SSSR count). The van der Waals surface area contributed by atoms with Crippen LogP contribution in [-0.4, -0.2) is 24.1 Å². The highest BCUT2D eigenvalue weighted by Gasteiger charge is 2.26. The normalized spacial score (nSPS) is 11.8. The van der Waals surface area contributed by atoms with Gasteiger partial charge in [-0.1, -0.05) is 158 Å². The topological polar surface area (TPSA) is 48.5 Å². The summed E-state index contributed by atoms with van der Waals surface area (Å²) >= 11 is 0. The average Bonchev–Trinajstić information content (AvgIpc) is 3.92. The minimum Gasteiger partial charge on any atom is -0.309 e. The maximum absolute atomic E-state index is 5.44. The van der Waals surface area contributed by atoms with Crippen molar-refractivity contribution in [3.8, 4) is 67.7 Å². The molecule has 11 aromatic rings. The van der Waals surface area contributed by atoms with Gasteiger partial charge in [-0.05, 0) is 83.4 Å². The Kier molecular flexibility index (Phi) is 8.15. The molecule has 2 aliphatic heterocycles. The molecule has 9 aromatic carbocycles. The summed E-state index contributed by atoms with van der Waals surface area (Å²) in [6.07, 6.45) is 0. The summed E-state index contributed by atoms with van der Waals surface area (Å²) < 4.78 is 4.71. The van der Waals surface area contributed by atoms with Crippen molar-refractivity contribution in [1.82, 2.24) is 24.1 Å². The van der Waals surface area contributed by atoms with Gasteiger partial charge in [0.05, 0.1) is 33.3 Å². The van der Waals surface area contributed by atoms with Crippen LogP contribution in [0.5, 0.6) is 0 Å². The Hall–Kier alpha value is -8.67. The Labute approximate surface area is 369 Å². The molecule has 5 heteroatoms. The fraction of sp³-hybridized carbons (Fsp3) is 0. The molecule has 0 N–H and O–H groups in total. The van der Waals surface area contributed by atoms with Crippen LogP contribution in [0.4, 0.5) is 0 Å². The lowest BCUT2D eigenvalue weighted by Crippen LogP contribution is -2.06. The van der Waals surface area contributed by atoms with Crippen molar-refractivity contribution >= 4 is 54.5 Å². The Bertz CT molecular complexity index is 3870. The highest BCUT2D eigenvalue weighted by molar-refractivity contribution is 6.14. The van der Waals surface area contributed by atoms with E-state index < -0.39 is 0 Å². The van der Waals surface area contributed by atoms with E-state index >= 15 is 0 Å². The smallest absolute Gasteiger partial charge is 0.160 e. The van der Waals surface area contributed by atoms with E-state index in [1.807, 2.05) is 24.3 Å². The number of hydrogen-bond acceptors (Lipinski definition) is 3. The lowest BCUT2D eigenvalue weighted by atomic mass is 9.91. The van der Waals surface area contributed by atoms with Gasteiger partial charge in [-0.15, -0.1) is 0 Å². The van der Waals surface area contributed by atoms with Gasteiger partial charge in [-0.2, -0.15) is 0 Å². The van der Waals surface area contributed by atoms with Gasteiger partial charge in [-0.25, -0.2) is 15.0 Å². The second kappa shape index (κ2) is 14.5. The van der Waals surface area contributed by atoms with Crippen LogP contribution in [0, 0.1) is 0 Å². The second-order valence-electron chi connectivity index (χ2n) is 16.4. The van der Waals surface area contributed by atoms with Gasteiger partial charge in [0, 0.05) is 60.6 Å². The number of para-hydroxylation sites is 3. The maximum atomic E-state index is 5.44. The Balaban J connectivity index is 1.09. The molecule has 5 nitrogen and oxygen atoms in total. The van der Waals surface area contributed by atoms with Crippen LogP contribution in [0.25, 0.3) is 122 Å². The SMILES string of the molecule is c1ccc(-c2nc(-c3ccccc3)c3cc(-n4c5nc6ccccc6c-5c(-c5ccccc5)c5cc(-c6ccc7c(c6)c6ccccc6n7-c6ccccc6)ccc54)ccc3n2)cc1. The summed E-state index contributed by atoms with van der Waals surface area (Å²) in [7, 11) is 0. The largest absolute Gasteiger partial charge is 0.309 e. The minimum atomic E-state index is 0.701. The molecular formula is C59H37N5. The molecule has 0 bridgehead atoms. The van der Waals surface area contributed by atoms with Crippen LogP contribution in [0.1, 0.15) is 0 Å². The molecule has 0 unspecified atom stereocenters. The molecule has 0 fully saturated rings. The third kappa shape index (κ3) is 5.68. The molecule has 298 valence electrons. The van der Waals surface area contributed by atoms with Gasteiger partial charge in [0.2, 0.25) is 0 Å². The van der Waals surface area contributed by atoms with Gasteiger partial charge >= 0.3 is 0 Å². The predicted octanol–water partition coefficient (Wildman–Crippen LogP) is 15.0. The molecule has 2 aliphatic rings. The first-order valence-electron chi connectivity index (χ1n) is 21.7. The molecule has 4 heterocycles. The summed E-state index contributed by atoms with van der Waals surface area (Å²) in [5.74, 6) is 1.60. The quantitative estimate of drug-likeness (QED) is 0.168. The van der Waals surface area contributed by atoms with Crippen molar-refractivity contribution in [3.63, 3.8) is 0 Å². The van der Waals surface area contributed by atoms with Crippen molar-refractivity contribution in [2.24, 2.45) is 0 Å². The average molecular weight is 816 g/mol. The van der Waals surface area contributed by atoms with E-state index in [0.717, 1.165) is 89.0 Å². The van der Waals surface area contributed by atoms with Crippen LogP contribution < -0.4 is 0 Å². The van der Waals surface area contributed by atoms with E-state index in [1.165, 1.54) is 27.4 Å². The summed E-state index contributed by atoms with van der Waals surface area (Å²) in [5, 5.41) is 5.68. The van der Waals surface area contributed by atoms with Crippen LogP contribution in [-0.2, 0) is 0 Å². The van der Waals surface area contributed by atoms with Crippen molar-refractivity contribution in [2.75, 3.05) is 0 Å². The van der Waals surface area contributed by atoms with Crippen LogP contribution in [0.3, 0.4) is 0 Å². The van der Waals surface area contributed by atoms with E-state index in [1.54, 1.807) is 0 Å². The molecule has 0 atom stereocenters. The number of hydrogen-bond donors (Lipinski definition) is 0. The van der Waals surface area contributed by atoms with E-state index in [9.17, 15) is 0 Å². The first-order valence-corrected chi connectivity index (χ1v) is 21.7. The molecule has 0 saturated heterocycles. The van der Waals surface area contributed by atoms with E-state index in [4.69, 9.17) is 15.0 Å². The van der Waals surface area contributed by atoms with Crippen LogP contribution >= 0.6 is 0 Å². The molecule has 2 aromatic heterocycles. The maximum Gasteiger partial charge on any atom is 0.160 e. The van der Waals surface area contributed by atoms with Crippen LogP contribution in [0.2, 0.25) is 0 Å². The van der Waals surface area contributed by atoms with Gasteiger partial charge in [0.25, 0.3) is 0 Å². The zero-order valence-corrected chi connectivity index (χ0v) is 34.6. The zero-order valence-electron chi connectivity index (χ0n) is 34.6. The Morgan fingerprint density at radius 3 is 1.58 bits per heavy atom. The fourth-order valence-electron chi connectivity index (χ4n) is 9.80. The fourth-order valence-corrected chi connectivity index (χ4v) is 9.80. The monoisotopic (exact) mass is 815 g/mol. The third-order valence-corrected chi connectivity index (χ3v) is 12.7. The highest BCUT2D eigenvalue weighted by atomic mass is 15.1. The first kappa shape index (κ1) is 36.0. The number of rotatable bonds is 6. The van der Waals surface area contributed by atoms with E-state index in [2.05, 4.69) is 209 Å². The van der Waals surface area contributed by atoms with E-state index in [0.29, 0.717) is 5.82 Å². The summed E-state index contributed by atoms with van der Waals surface area (Å²) in [6.45, 7) is 0. The predicted molar refractivity (Wildman–Crippen MR) is 264 cm³/mol. The van der Waals surface area contributed by atoms with E-state index in [-0.39, 0.29) is 0 Å².